The number of benzene rings is 1. The van der Waals surface area contributed by atoms with Gasteiger partial charge in [-0.3, -0.25) is 9.59 Å². The molecule has 0 aliphatic heterocycles. The summed E-state index contributed by atoms with van der Waals surface area (Å²) in [6.45, 7) is 1.86. The van der Waals surface area contributed by atoms with E-state index >= 15 is 0 Å². The summed E-state index contributed by atoms with van der Waals surface area (Å²) in [7, 11) is 1.30. The van der Waals surface area contributed by atoms with E-state index in [1.54, 1.807) is 30.3 Å². The predicted octanol–water partition coefficient (Wildman–Crippen LogP) is 4.04. The number of methoxy groups -OCH3 is 1. The maximum atomic E-state index is 12.7. The number of aryl methyl sites for hydroxylation is 1. The van der Waals surface area contributed by atoms with Gasteiger partial charge in [-0.2, -0.15) is 0 Å². The van der Waals surface area contributed by atoms with Gasteiger partial charge in [-0.15, -0.1) is 11.3 Å². The third kappa shape index (κ3) is 5.52. The van der Waals surface area contributed by atoms with E-state index in [4.69, 9.17) is 9.47 Å². The molecule has 0 unspecified atom stereocenters. The summed E-state index contributed by atoms with van der Waals surface area (Å²) < 4.78 is 9.65. The number of carbonyl (C=O) groups excluding carboxylic acids is 3. The zero-order valence-corrected chi connectivity index (χ0v) is 15.8. The van der Waals surface area contributed by atoms with Crippen molar-refractivity contribution in [3.63, 3.8) is 0 Å². The van der Waals surface area contributed by atoms with Gasteiger partial charge in [-0.05, 0) is 43.9 Å². The normalized spacial score (nSPS) is 10.4. The molecule has 1 heterocycles. The van der Waals surface area contributed by atoms with Gasteiger partial charge in [0.15, 0.2) is 0 Å². The lowest BCUT2D eigenvalue weighted by Gasteiger charge is -2.05. The molecule has 0 saturated carbocycles. The molecule has 0 saturated heterocycles. The van der Waals surface area contributed by atoms with Gasteiger partial charge in [0.05, 0.1) is 24.2 Å². The highest BCUT2D eigenvalue weighted by Crippen LogP contribution is 2.23. The quantitative estimate of drug-likeness (QED) is 0.376. The number of hydrogen-bond acceptors (Lipinski definition) is 6. The van der Waals surface area contributed by atoms with Crippen LogP contribution in [0.5, 0.6) is 0 Å². The molecule has 0 spiro atoms. The van der Waals surface area contributed by atoms with Crippen LogP contribution in [0.1, 0.15) is 56.7 Å². The molecular weight excluding hydrogens is 352 g/mol. The number of hydrogen-bond donors (Lipinski definition) is 0. The number of esters is 2. The van der Waals surface area contributed by atoms with Gasteiger partial charge in [-0.1, -0.05) is 18.2 Å². The number of ketones is 1. The van der Waals surface area contributed by atoms with E-state index in [2.05, 4.69) is 0 Å². The van der Waals surface area contributed by atoms with Crippen LogP contribution in [0, 0.1) is 0 Å². The molecule has 0 radical (unpaired) electrons. The summed E-state index contributed by atoms with van der Waals surface area (Å²) in [6, 6.07) is 10.4. The summed E-state index contributed by atoms with van der Waals surface area (Å²) in [5, 5.41) is 0. The number of carbonyl (C=O) groups is 3. The predicted molar refractivity (Wildman–Crippen MR) is 99.7 cm³/mol. The lowest BCUT2D eigenvalue weighted by molar-refractivity contribution is -0.141. The largest absolute Gasteiger partial charge is 0.466 e. The summed E-state index contributed by atoms with van der Waals surface area (Å²) in [5.74, 6) is -0.936. The van der Waals surface area contributed by atoms with Crippen molar-refractivity contribution in [3.8, 4) is 0 Å². The molecule has 0 bridgehead atoms. The SMILES string of the molecule is COC(=O)c1ccccc1C(=O)c1ccc(CCCCCOC(C)=O)s1. The summed E-state index contributed by atoms with van der Waals surface area (Å²) in [4.78, 5) is 37.0. The second-order valence-electron chi connectivity index (χ2n) is 5.78. The first-order valence-electron chi connectivity index (χ1n) is 8.47. The van der Waals surface area contributed by atoms with Crippen molar-refractivity contribution in [2.45, 2.75) is 32.6 Å². The lowest BCUT2D eigenvalue weighted by Crippen LogP contribution is -2.10. The highest BCUT2D eigenvalue weighted by Gasteiger charge is 2.19. The van der Waals surface area contributed by atoms with Crippen LogP contribution < -0.4 is 0 Å². The molecule has 6 heteroatoms. The van der Waals surface area contributed by atoms with Crippen LogP contribution in [0.15, 0.2) is 36.4 Å². The van der Waals surface area contributed by atoms with Crippen LogP contribution >= 0.6 is 11.3 Å². The van der Waals surface area contributed by atoms with E-state index < -0.39 is 5.97 Å². The Balaban J connectivity index is 1.94. The fourth-order valence-corrected chi connectivity index (χ4v) is 3.53. The second-order valence-corrected chi connectivity index (χ2v) is 6.95. The molecule has 2 aromatic rings. The minimum absolute atomic E-state index is 0.169. The fourth-order valence-electron chi connectivity index (χ4n) is 2.53. The molecule has 0 aliphatic carbocycles. The van der Waals surface area contributed by atoms with Gasteiger partial charge < -0.3 is 9.47 Å². The van der Waals surface area contributed by atoms with Crippen LogP contribution in [0.3, 0.4) is 0 Å². The van der Waals surface area contributed by atoms with Gasteiger partial charge in [0.25, 0.3) is 0 Å². The van der Waals surface area contributed by atoms with Crippen molar-refractivity contribution >= 4 is 29.1 Å². The van der Waals surface area contributed by atoms with E-state index in [9.17, 15) is 14.4 Å². The average molecular weight is 374 g/mol. The van der Waals surface area contributed by atoms with Crippen LogP contribution in [0.4, 0.5) is 0 Å². The van der Waals surface area contributed by atoms with Crippen molar-refractivity contribution in [3.05, 3.63) is 57.3 Å². The van der Waals surface area contributed by atoms with Crippen molar-refractivity contribution in [1.29, 1.82) is 0 Å². The second kappa shape index (κ2) is 9.87. The van der Waals surface area contributed by atoms with E-state index in [0.717, 1.165) is 30.6 Å². The Morgan fingerprint density at radius 1 is 0.962 bits per heavy atom. The first kappa shape index (κ1) is 19.8. The Hall–Kier alpha value is -2.47. The highest BCUT2D eigenvalue weighted by molar-refractivity contribution is 7.14. The van der Waals surface area contributed by atoms with E-state index in [0.29, 0.717) is 17.0 Å². The van der Waals surface area contributed by atoms with Crippen molar-refractivity contribution < 1.29 is 23.9 Å². The highest BCUT2D eigenvalue weighted by atomic mass is 32.1. The Kier molecular flexibility index (Phi) is 7.53. The van der Waals surface area contributed by atoms with E-state index in [-0.39, 0.29) is 17.3 Å². The molecular formula is C20H22O5S. The molecule has 5 nitrogen and oxygen atoms in total. The molecule has 1 aromatic heterocycles. The molecule has 0 fully saturated rings. The topological polar surface area (TPSA) is 69.7 Å². The molecule has 0 N–H and O–H groups in total. The molecule has 138 valence electrons. The Morgan fingerprint density at radius 3 is 2.38 bits per heavy atom. The Labute approximate surface area is 156 Å². The van der Waals surface area contributed by atoms with Crippen molar-refractivity contribution in [1.82, 2.24) is 0 Å². The standard InChI is InChI=1S/C20H22O5S/c1-14(21)25-13-7-3-4-8-15-11-12-18(26-15)19(22)16-9-5-6-10-17(16)20(23)24-2/h5-6,9-12H,3-4,7-8,13H2,1-2H3. The zero-order valence-electron chi connectivity index (χ0n) is 14.9. The summed E-state index contributed by atoms with van der Waals surface area (Å²) in [6.07, 6.45) is 3.63. The molecule has 0 amide bonds. The number of rotatable bonds is 9. The molecule has 0 atom stereocenters. The smallest absolute Gasteiger partial charge is 0.338 e. The molecule has 0 aliphatic rings. The maximum Gasteiger partial charge on any atom is 0.338 e. The molecule has 26 heavy (non-hydrogen) atoms. The monoisotopic (exact) mass is 374 g/mol. The van der Waals surface area contributed by atoms with Gasteiger partial charge >= 0.3 is 11.9 Å². The van der Waals surface area contributed by atoms with Gasteiger partial charge in [0.1, 0.15) is 0 Å². The third-order valence-electron chi connectivity index (χ3n) is 3.84. The maximum absolute atomic E-state index is 12.7. The zero-order chi connectivity index (χ0) is 18.9. The number of unbranched alkanes of at least 4 members (excludes halogenated alkanes) is 2. The summed E-state index contributed by atoms with van der Waals surface area (Å²) in [5.41, 5.74) is 0.634. The minimum Gasteiger partial charge on any atom is -0.466 e. The van der Waals surface area contributed by atoms with Crippen molar-refractivity contribution in [2.24, 2.45) is 0 Å². The first-order chi connectivity index (χ1) is 12.5. The Morgan fingerprint density at radius 2 is 1.69 bits per heavy atom. The molecule has 1 aromatic carbocycles. The van der Waals surface area contributed by atoms with Crippen LogP contribution in [-0.4, -0.2) is 31.4 Å². The van der Waals surface area contributed by atoms with Gasteiger partial charge in [0, 0.05) is 17.4 Å². The lowest BCUT2D eigenvalue weighted by atomic mass is 10.0. The van der Waals surface area contributed by atoms with Crippen LogP contribution in [0.25, 0.3) is 0 Å². The molecule has 2 rings (SSSR count). The minimum atomic E-state index is -0.515. The third-order valence-corrected chi connectivity index (χ3v) is 4.98. The summed E-state index contributed by atoms with van der Waals surface area (Å²) >= 11 is 1.45. The van der Waals surface area contributed by atoms with E-state index in [1.807, 2.05) is 6.07 Å². The number of ether oxygens (including phenoxy) is 2. The van der Waals surface area contributed by atoms with Gasteiger partial charge in [-0.25, -0.2) is 4.79 Å². The first-order valence-corrected chi connectivity index (χ1v) is 9.28. The average Bonchev–Trinajstić information content (AvgIpc) is 3.12. The van der Waals surface area contributed by atoms with Gasteiger partial charge in [0.2, 0.25) is 5.78 Å². The van der Waals surface area contributed by atoms with Crippen LogP contribution in [0.2, 0.25) is 0 Å². The fraction of sp³-hybridized carbons (Fsp3) is 0.350. The van der Waals surface area contributed by atoms with Crippen LogP contribution in [-0.2, 0) is 20.7 Å². The number of thiophene rings is 1. The van der Waals surface area contributed by atoms with Crippen molar-refractivity contribution in [2.75, 3.05) is 13.7 Å². The Bertz CT molecular complexity index is 778. The van der Waals surface area contributed by atoms with E-state index in [1.165, 1.54) is 25.4 Å².